The van der Waals surface area contributed by atoms with Crippen LogP contribution in [0.2, 0.25) is 0 Å². The Morgan fingerprint density at radius 1 is 1.23 bits per heavy atom. The minimum atomic E-state index is -0.0381. The van der Waals surface area contributed by atoms with Gasteiger partial charge in [-0.1, -0.05) is 19.1 Å². The molecule has 1 aromatic carbocycles. The van der Waals surface area contributed by atoms with Gasteiger partial charge in [-0.15, -0.1) is 0 Å². The number of aromatic nitrogens is 1. The largest absolute Gasteiger partial charge is 0.370 e. The van der Waals surface area contributed by atoms with Crippen LogP contribution in [0.1, 0.15) is 23.7 Å². The number of nitrogens with zero attached hydrogens (tertiary/aromatic N) is 2. The molecule has 22 heavy (non-hydrogen) atoms. The Balaban J connectivity index is 2.06. The van der Waals surface area contributed by atoms with E-state index in [2.05, 4.69) is 17.2 Å². The number of nitrogens with two attached hydrogens (primary N) is 1. The van der Waals surface area contributed by atoms with Crippen molar-refractivity contribution in [2.75, 3.05) is 5.32 Å². The molecule has 0 spiro atoms. The lowest BCUT2D eigenvalue weighted by Gasteiger charge is -2.07. The second kappa shape index (κ2) is 6.93. The molecule has 0 bridgehead atoms. The quantitative estimate of drug-likeness (QED) is 0.671. The molecule has 0 aliphatic carbocycles. The number of hydrogen-bond acceptors (Lipinski definition) is 2. The van der Waals surface area contributed by atoms with E-state index in [0.29, 0.717) is 11.5 Å². The van der Waals surface area contributed by atoms with Crippen LogP contribution in [-0.2, 0) is 20.0 Å². The molecule has 0 unspecified atom stereocenters. The summed E-state index contributed by atoms with van der Waals surface area (Å²) in [5.41, 5.74) is 9.53. The summed E-state index contributed by atoms with van der Waals surface area (Å²) in [6.45, 7) is 4.27. The fraction of sp³-hybridized carbons (Fsp3) is 0.294. The smallest absolute Gasteiger partial charge is 0.255 e. The van der Waals surface area contributed by atoms with Crippen molar-refractivity contribution in [3.63, 3.8) is 0 Å². The number of aryl methyl sites for hydroxylation is 2. The predicted octanol–water partition coefficient (Wildman–Crippen LogP) is 2.18. The van der Waals surface area contributed by atoms with E-state index in [1.165, 1.54) is 5.56 Å². The molecule has 5 heteroatoms. The van der Waals surface area contributed by atoms with E-state index in [4.69, 9.17) is 5.73 Å². The number of guanidine groups is 1. The molecule has 2 aromatic rings. The van der Waals surface area contributed by atoms with Gasteiger partial charge in [0, 0.05) is 24.0 Å². The van der Waals surface area contributed by atoms with Crippen molar-refractivity contribution >= 4 is 11.6 Å². The Kier molecular flexibility index (Phi) is 4.99. The number of rotatable bonds is 4. The molecule has 2 rings (SSSR count). The molecular formula is C17H22N4O. The Morgan fingerprint density at radius 2 is 1.91 bits per heavy atom. The maximum Gasteiger partial charge on any atom is 0.255 e. The highest BCUT2D eigenvalue weighted by Crippen LogP contribution is 2.09. The molecule has 0 saturated carbocycles. The van der Waals surface area contributed by atoms with Crippen molar-refractivity contribution in [3.05, 3.63) is 63.6 Å². The minimum absolute atomic E-state index is 0.0381. The van der Waals surface area contributed by atoms with Crippen LogP contribution in [0.15, 0.2) is 46.2 Å². The van der Waals surface area contributed by atoms with Crippen molar-refractivity contribution in [3.8, 4) is 0 Å². The molecule has 116 valence electrons. The number of hydrogen-bond donors (Lipinski definition) is 2. The van der Waals surface area contributed by atoms with Gasteiger partial charge in [0.05, 0.1) is 6.54 Å². The highest BCUT2D eigenvalue weighted by atomic mass is 16.1. The van der Waals surface area contributed by atoms with Crippen LogP contribution in [0.3, 0.4) is 0 Å². The van der Waals surface area contributed by atoms with E-state index in [1.807, 2.05) is 37.3 Å². The molecule has 0 fully saturated rings. The van der Waals surface area contributed by atoms with E-state index in [-0.39, 0.29) is 12.1 Å². The van der Waals surface area contributed by atoms with Crippen LogP contribution in [0, 0.1) is 6.92 Å². The summed E-state index contributed by atoms with van der Waals surface area (Å²) in [5.74, 6) is 0.298. The van der Waals surface area contributed by atoms with Gasteiger partial charge in [-0.25, -0.2) is 4.99 Å². The molecule has 0 aliphatic heterocycles. The van der Waals surface area contributed by atoms with Gasteiger partial charge in [0.15, 0.2) is 5.96 Å². The van der Waals surface area contributed by atoms with Crippen LogP contribution in [-0.4, -0.2) is 10.5 Å². The number of nitrogens with one attached hydrogen (secondary N) is 1. The fourth-order valence-electron chi connectivity index (χ4n) is 2.08. The van der Waals surface area contributed by atoms with Crippen molar-refractivity contribution in [2.24, 2.45) is 17.8 Å². The summed E-state index contributed by atoms with van der Waals surface area (Å²) in [6.07, 6.45) is 1.00. The van der Waals surface area contributed by atoms with Crippen LogP contribution in [0.4, 0.5) is 5.69 Å². The average Bonchev–Trinajstić information content (AvgIpc) is 2.53. The Hall–Kier alpha value is -2.56. The van der Waals surface area contributed by atoms with Crippen molar-refractivity contribution < 1.29 is 0 Å². The van der Waals surface area contributed by atoms with Crippen LogP contribution >= 0.6 is 0 Å². The number of pyridine rings is 1. The van der Waals surface area contributed by atoms with Crippen LogP contribution in [0.5, 0.6) is 0 Å². The normalized spacial score (nSPS) is 11.5. The van der Waals surface area contributed by atoms with Crippen LogP contribution < -0.4 is 16.6 Å². The SMILES string of the molecule is CCc1ccc(NC(N)=NCc2ccc(C)n(C)c2=O)cc1. The summed E-state index contributed by atoms with van der Waals surface area (Å²) in [5, 5.41) is 3.03. The summed E-state index contributed by atoms with van der Waals surface area (Å²) in [6, 6.07) is 11.7. The average molecular weight is 298 g/mol. The molecule has 0 atom stereocenters. The molecule has 0 radical (unpaired) electrons. The molecule has 1 aromatic heterocycles. The highest BCUT2D eigenvalue weighted by Gasteiger charge is 2.03. The zero-order valence-electron chi connectivity index (χ0n) is 13.3. The predicted molar refractivity (Wildman–Crippen MR) is 91.2 cm³/mol. The fourth-order valence-corrected chi connectivity index (χ4v) is 2.08. The number of anilines is 1. The first kappa shape index (κ1) is 15.8. The van der Waals surface area contributed by atoms with Gasteiger partial charge in [-0.3, -0.25) is 4.79 Å². The summed E-state index contributed by atoms with van der Waals surface area (Å²) in [4.78, 5) is 16.3. The third-order valence-electron chi connectivity index (χ3n) is 3.69. The third-order valence-corrected chi connectivity index (χ3v) is 3.69. The van der Waals surface area contributed by atoms with Crippen molar-refractivity contribution in [1.29, 1.82) is 0 Å². The van der Waals surface area contributed by atoms with Gasteiger partial charge in [-0.2, -0.15) is 0 Å². The Bertz CT molecular complexity index is 729. The first-order chi connectivity index (χ1) is 10.5. The van der Waals surface area contributed by atoms with Crippen LogP contribution in [0.25, 0.3) is 0 Å². The monoisotopic (exact) mass is 298 g/mol. The van der Waals surface area contributed by atoms with Gasteiger partial charge < -0.3 is 15.6 Å². The maximum atomic E-state index is 12.1. The Morgan fingerprint density at radius 3 is 2.55 bits per heavy atom. The summed E-state index contributed by atoms with van der Waals surface area (Å²) < 4.78 is 1.61. The first-order valence-electron chi connectivity index (χ1n) is 7.32. The Labute approximate surface area is 130 Å². The lowest BCUT2D eigenvalue weighted by atomic mass is 10.1. The second-order valence-corrected chi connectivity index (χ2v) is 5.24. The molecule has 3 N–H and O–H groups in total. The highest BCUT2D eigenvalue weighted by molar-refractivity contribution is 5.92. The number of aliphatic imine (C=N–C) groups is 1. The van der Waals surface area contributed by atoms with Gasteiger partial charge >= 0.3 is 0 Å². The van der Waals surface area contributed by atoms with E-state index in [9.17, 15) is 4.79 Å². The first-order valence-corrected chi connectivity index (χ1v) is 7.32. The van der Waals surface area contributed by atoms with E-state index < -0.39 is 0 Å². The lowest BCUT2D eigenvalue weighted by molar-refractivity contribution is 0.795. The second-order valence-electron chi connectivity index (χ2n) is 5.24. The van der Waals surface area contributed by atoms with E-state index >= 15 is 0 Å². The zero-order chi connectivity index (χ0) is 16.1. The third kappa shape index (κ3) is 3.75. The van der Waals surface area contributed by atoms with Crippen molar-refractivity contribution in [1.82, 2.24) is 4.57 Å². The topological polar surface area (TPSA) is 72.4 Å². The zero-order valence-corrected chi connectivity index (χ0v) is 13.3. The molecule has 0 amide bonds. The molecule has 1 heterocycles. The van der Waals surface area contributed by atoms with Crippen molar-refractivity contribution in [2.45, 2.75) is 26.8 Å². The molecule has 5 nitrogen and oxygen atoms in total. The van der Waals surface area contributed by atoms with Gasteiger partial charge in [0.2, 0.25) is 0 Å². The van der Waals surface area contributed by atoms with Gasteiger partial charge in [0.1, 0.15) is 0 Å². The van der Waals surface area contributed by atoms with E-state index in [1.54, 1.807) is 17.7 Å². The maximum absolute atomic E-state index is 12.1. The lowest BCUT2D eigenvalue weighted by Crippen LogP contribution is -2.25. The molecule has 0 aliphatic rings. The standard InChI is InChI=1S/C17H22N4O/c1-4-13-6-9-15(10-7-13)20-17(18)19-11-14-8-5-12(2)21(3)16(14)22/h5-10H,4,11H2,1-3H3,(H3,18,19,20). The summed E-state index contributed by atoms with van der Waals surface area (Å²) in [7, 11) is 1.75. The van der Waals surface area contributed by atoms with Gasteiger partial charge in [0.25, 0.3) is 5.56 Å². The minimum Gasteiger partial charge on any atom is -0.370 e. The summed E-state index contributed by atoms with van der Waals surface area (Å²) >= 11 is 0. The van der Waals surface area contributed by atoms with E-state index in [0.717, 1.165) is 17.8 Å². The number of benzene rings is 1. The molecular weight excluding hydrogens is 276 g/mol. The molecule has 0 saturated heterocycles. The van der Waals surface area contributed by atoms with Gasteiger partial charge in [-0.05, 0) is 43.2 Å².